The number of ether oxygens (including phenoxy) is 3. The molecule has 1 aromatic rings. The molecule has 0 spiro atoms. The van der Waals surface area contributed by atoms with E-state index in [1.807, 2.05) is 24.3 Å². The molecule has 0 amide bonds. The minimum atomic E-state index is 0.0584. The average molecular weight is 303 g/mol. The second-order valence-electron chi connectivity index (χ2n) is 4.44. The van der Waals surface area contributed by atoms with Crippen molar-refractivity contribution in [3.05, 3.63) is 34.9 Å². The first-order chi connectivity index (χ1) is 9.77. The van der Waals surface area contributed by atoms with Crippen LogP contribution in [-0.4, -0.2) is 51.9 Å². The van der Waals surface area contributed by atoms with E-state index in [9.17, 15) is 5.11 Å². The lowest BCUT2D eigenvalue weighted by atomic mass is 9.97. The van der Waals surface area contributed by atoms with Crippen molar-refractivity contribution in [2.75, 3.05) is 46.8 Å². The van der Waals surface area contributed by atoms with Gasteiger partial charge in [-0.25, -0.2) is 0 Å². The maximum absolute atomic E-state index is 9.43. The van der Waals surface area contributed by atoms with Gasteiger partial charge in [0.05, 0.1) is 33.0 Å². The number of aliphatic hydroxyl groups is 1. The highest BCUT2D eigenvalue weighted by Crippen LogP contribution is 2.22. The molecular weight excluding hydrogens is 280 g/mol. The molecule has 0 aromatic heterocycles. The summed E-state index contributed by atoms with van der Waals surface area (Å²) in [6, 6.07) is 7.58. The number of halogens is 1. The van der Waals surface area contributed by atoms with Gasteiger partial charge in [0.25, 0.3) is 0 Å². The van der Waals surface area contributed by atoms with Crippen molar-refractivity contribution in [1.82, 2.24) is 0 Å². The smallest absolute Gasteiger partial charge is 0.0701 e. The number of hydrogen-bond acceptors (Lipinski definition) is 4. The van der Waals surface area contributed by atoms with E-state index in [0.717, 1.165) is 12.0 Å². The standard InChI is InChI=1S/C15H23ClO4/c1-18-7-8-20-10-9-19-6-5-14(12-17)13-3-2-4-15(16)11-13/h2-4,11,14,17H,5-10,12H2,1H3. The topological polar surface area (TPSA) is 47.9 Å². The Morgan fingerprint density at radius 3 is 2.45 bits per heavy atom. The van der Waals surface area contributed by atoms with Crippen LogP contribution < -0.4 is 0 Å². The number of benzene rings is 1. The highest BCUT2D eigenvalue weighted by molar-refractivity contribution is 6.30. The largest absolute Gasteiger partial charge is 0.396 e. The molecule has 0 aliphatic carbocycles. The van der Waals surface area contributed by atoms with Gasteiger partial charge in [-0.3, -0.25) is 0 Å². The Bertz CT molecular complexity index is 359. The molecular formula is C15H23ClO4. The van der Waals surface area contributed by atoms with Gasteiger partial charge in [0, 0.05) is 24.7 Å². The molecule has 0 saturated carbocycles. The van der Waals surface area contributed by atoms with Gasteiger partial charge in [0.2, 0.25) is 0 Å². The van der Waals surface area contributed by atoms with Crippen molar-refractivity contribution in [3.63, 3.8) is 0 Å². The minimum absolute atomic E-state index is 0.0584. The Labute approximate surface area is 125 Å². The summed E-state index contributed by atoms with van der Waals surface area (Å²) in [4.78, 5) is 0. The van der Waals surface area contributed by atoms with Crippen molar-refractivity contribution in [2.24, 2.45) is 0 Å². The van der Waals surface area contributed by atoms with Crippen molar-refractivity contribution >= 4 is 11.6 Å². The third kappa shape index (κ3) is 7.22. The highest BCUT2D eigenvalue weighted by Gasteiger charge is 2.10. The summed E-state index contributed by atoms with van der Waals surface area (Å²) in [6.45, 7) is 2.98. The van der Waals surface area contributed by atoms with Crippen LogP contribution in [0.25, 0.3) is 0 Å². The summed E-state index contributed by atoms with van der Waals surface area (Å²) in [5.41, 5.74) is 1.04. The third-order valence-corrected chi connectivity index (χ3v) is 3.19. The van der Waals surface area contributed by atoms with Gasteiger partial charge >= 0.3 is 0 Å². The van der Waals surface area contributed by atoms with Gasteiger partial charge in [-0.1, -0.05) is 23.7 Å². The zero-order valence-corrected chi connectivity index (χ0v) is 12.6. The molecule has 0 heterocycles. The molecule has 0 aliphatic rings. The first kappa shape index (κ1) is 17.4. The molecule has 1 atom stereocenters. The summed E-state index contributed by atoms with van der Waals surface area (Å²) in [7, 11) is 1.64. The van der Waals surface area contributed by atoms with Gasteiger partial charge in [0.1, 0.15) is 0 Å². The monoisotopic (exact) mass is 302 g/mol. The molecule has 0 aliphatic heterocycles. The summed E-state index contributed by atoms with van der Waals surface area (Å²) in [5, 5.41) is 10.1. The van der Waals surface area contributed by atoms with Crippen LogP contribution >= 0.6 is 11.6 Å². The summed E-state index contributed by atoms with van der Waals surface area (Å²) in [5.74, 6) is 0.0584. The van der Waals surface area contributed by atoms with E-state index in [1.165, 1.54) is 0 Å². The maximum Gasteiger partial charge on any atom is 0.0701 e. The van der Waals surface area contributed by atoms with E-state index >= 15 is 0 Å². The molecule has 1 N–H and O–H groups in total. The fraction of sp³-hybridized carbons (Fsp3) is 0.600. The lowest BCUT2D eigenvalue weighted by molar-refractivity contribution is 0.0223. The Hall–Kier alpha value is -0.650. The van der Waals surface area contributed by atoms with Crippen LogP contribution in [0.4, 0.5) is 0 Å². The molecule has 1 unspecified atom stereocenters. The Morgan fingerprint density at radius 1 is 1.10 bits per heavy atom. The average Bonchev–Trinajstić information content (AvgIpc) is 2.46. The number of hydrogen-bond donors (Lipinski definition) is 1. The predicted molar refractivity (Wildman–Crippen MR) is 79.4 cm³/mol. The van der Waals surface area contributed by atoms with E-state index in [2.05, 4.69) is 0 Å². The highest BCUT2D eigenvalue weighted by atomic mass is 35.5. The molecule has 0 fully saturated rings. The molecule has 0 radical (unpaired) electrons. The molecule has 1 rings (SSSR count). The predicted octanol–water partition coefficient (Wildman–Crippen LogP) is 2.49. The molecule has 1 aromatic carbocycles. The van der Waals surface area contributed by atoms with Gasteiger partial charge in [-0.05, 0) is 24.1 Å². The van der Waals surface area contributed by atoms with Crippen LogP contribution in [0.2, 0.25) is 5.02 Å². The number of rotatable bonds is 11. The van der Waals surface area contributed by atoms with Gasteiger partial charge in [0.15, 0.2) is 0 Å². The van der Waals surface area contributed by atoms with Crippen molar-refractivity contribution in [3.8, 4) is 0 Å². The van der Waals surface area contributed by atoms with Crippen LogP contribution in [0.5, 0.6) is 0 Å². The Kier molecular flexibility index (Phi) is 9.62. The zero-order chi connectivity index (χ0) is 14.6. The van der Waals surface area contributed by atoms with Crippen LogP contribution in [0, 0.1) is 0 Å². The molecule has 5 heteroatoms. The van der Waals surface area contributed by atoms with E-state index < -0.39 is 0 Å². The second kappa shape index (κ2) is 11.1. The van der Waals surface area contributed by atoms with Crippen molar-refractivity contribution < 1.29 is 19.3 Å². The van der Waals surface area contributed by atoms with E-state index in [4.69, 9.17) is 25.8 Å². The fourth-order valence-electron chi connectivity index (χ4n) is 1.81. The lowest BCUT2D eigenvalue weighted by Gasteiger charge is -2.15. The zero-order valence-electron chi connectivity index (χ0n) is 11.9. The van der Waals surface area contributed by atoms with Gasteiger partial charge < -0.3 is 19.3 Å². The Balaban J connectivity index is 2.16. The molecule has 0 saturated heterocycles. The van der Waals surface area contributed by atoms with Gasteiger partial charge in [-0.15, -0.1) is 0 Å². The van der Waals surface area contributed by atoms with E-state index in [0.29, 0.717) is 38.1 Å². The van der Waals surface area contributed by atoms with Crippen LogP contribution in [0.1, 0.15) is 17.9 Å². The van der Waals surface area contributed by atoms with Crippen molar-refractivity contribution in [2.45, 2.75) is 12.3 Å². The Morgan fingerprint density at radius 2 is 1.80 bits per heavy atom. The minimum Gasteiger partial charge on any atom is -0.396 e. The van der Waals surface area contributed by atoms with Crippen LogP contribution in [0.3, 0.4) is 0 Å². The SMILES string of the molecule is COCCOCCOCCC(CO)c1cccc(Cl)c1. The molecule has 114 valence electrons. The van der Waals surface area contributed by atoms with Crippen molar-refractivity contribution in [1.29, 1.82) is 0 Å². The second-order valence-corrected chi connectivity index (χ2v) is 4.88. The quantitative estimate of drug-likeness (QED) is 0.638. The lowest BCUT2D eigenvalue weighted by Crippen LogP contribution is -2.12. The van der Waals surface area contributed by atoms with Crippen LogP contribution in [-0.2, 0) is 14.2 Å². The summed E-state index contributed by atoms with van der Waals surface area (Å²) >= 11 is 5.95. The summed E-state index contributed by atoms with van der Waals surface area (Å²) in [6.07, 6.45) is 0.759. The van der Waals surface area contributed by atoms with E-state index in [-0.39, 0.29) is 12.5 Å². The molecule has 0 bridgehead atoms. The molecule has 4 nitrogen and oxygen atoms in total. The third-order valence-electron chi connectivity index (χ3n) is 2.95. The first-order valence-electron chi connectivity index (χ1n) is 6.78. The fourth-order valence-corrected chi connectivity index (χ4v) is 2.01. The molecule has 20 heavy (non-hydrogen) atoms. The van der Waals surface area contributed by atoms with Crippen LogP contribution in [0.15, 0.2) is 24.3 Å². The number of aliphatic hydroxyl groups excluding tert-OH is 1. The normalized spacial score (nSPS) is 12.6. The first-order valence-corrected chi connectivity index (χ1v) is 7.16. The summed E-state index contributed by atoms with van der Waals surface area (Å²) < 4.78 is 15.6. The van der Waals surface area contributed by atoms with E-state index in [1.54, 1.807) is 7.11 Å². The van der Waals surface area contributed by atoms with Gasteiger partial charge in [-0.2, -0.15) is 0 Å². The number of methoxy groups -OCH3 is 1. The maximum atomic E-state index is 9.43.